The van der Waals surface area contributed by atoms with Crippen LogP contribution in [0.25, 0.3) is 0 Å². The number of benzene rings is 2. The number of hydrogen-bond donors (Lipinski definition) is 2. The monoisotopic (exact) mass is 362 g/mol. The summed E-state index contributed by atoms with van der Waals surface area (Å²) in [5, 5.41) is 2.73. The normalized spacial score (nSPS) is 11.2. The lowest BCUT2D eigenvalue weighted by atomic mass is 10.1. The Labute approximate surface area is 148 Å². The van der Waals surface area contributed by atoms with Crippen molar-refractivity contribution in [3.05, 3.63) is 53.6 Å². The highest BCUT2D eigenvalue weighted by molar-refractivity contribution is 7.89. The van der Waals surface area contributed by atoms with Gasteiger partial charge in [-0.3, -0.25) is 4.79 Å². The SMILES string of the molecule is CCc1ccccc1NC(=O)CNS(=O)(=O)c1ccc(OC)cc1C. The van der Waals surface area contributed by atoms with Crippen LogP contribution in [0.1, 0.15) is 18.1 Å². The number of ether oxygens (including phenoxy) is 1. The number of carbonyl (C=O) groups is 1. The van der Waals surface area contributed by atoms with Gasteiger partial charge in [0.2, 0.25) is 15.9 Å². The van der Waals surface area contributed by atoms with Gasteiger partial charge in [0.15, 0.2) is 0 Å². The Bertz CT molecular complexity index is 863. The van der Waals surface area contributed by atoms with Gasteiger partial charge in [-0.25, -0.2) is 13.1 Å². The molecule has 2 rings (SSSR count). The van der Waals surface area contributed by atoms with E-state index in [0.717, 1.165) is 12.0 Å². The number of sulfonamides is 1. The Balaban J connectivity index is 2.05. The van der Waals surface area contributed by atoms with Crippen LogP contribution in [0, 0.1) is 6.92 Å². The average Bonchev–Trinajstić information content (AvgIpc) is 2.60. The van der Waals surface area contributed by atoms with Crippen molar-refractivity contribution in [3.63, 3.8) is 0 Å². The van der Waals surface area contributed by atoms with Crippen molar-refractivity contribution in [3.8, 4) is 5.75 Å². The fourth-order valence-electron chi connectivity index (χ4n) is 2.43. The van der Waals surface area contributed by atoms with Gasteiger partial charge in [0, 0.05) is 5.69 Å². The number of amides is 1. The molecule has 7 heteroatoms. The van der Waals surface area contributed by atoms with Gasteiger partial charge in [-0.05, 0) is 48.7 Å². The van der Waals surface area contributed by atoms with Crippen LogP contribution >= 0.6 is 0 Å². The van der Waals surface area contributed by atoms with E-state index in [0.29, 0.717) is 17.0 Å². The molecular formula is C18H22N2O4S. The second-order valence-corrected chi connectivity index (χ2v) is 7.25. The van der Waals surface area contributed by atoms with Crippen molar-refractivity contribution in [2.24, 2.45) is 0 Å². The summed E-state index contributed by atoms with van der Waals surface area (Å²) in [6, 6.07) is 12.1. The van der Waals surface area contributed by atoms with Crippen molar-refractivity contribution in [2.75, 3.05) is 19.0 Å². The molecule has 0 saturated carbocycles. The molecule has 0 heterocycles. The molecule has 0 bridgehead atoms. The Morgan fingerprint density at radius 3 is 2.52 bits per heavy atom. The van der Waals surface area contributed by atoms with Gasteiger partial charge in [-0.2, -0.15) is 0 Å². The van der Waals surface area contributed by atoms with E-state index in [9.17, 15) is 13.2 Å². The van der Waals surface area contributed by atoms with E-state index in [1.165, 1.54) is 13.2 Å². The lowest BCUT2D eigenvalue weighted by Crippen LogP contribution is -2.33. The summed E-state index contributed by atoms with van der Waals surface area (Å²) in [4.78, 5) is 12.2. The Hall–Kier alpha value is -2.38. The summed E-state index contributed by atoms with van der Waals surface area (Å²) in [7, 11) is -2.27. The summed E-state index contributed by atoms with van der Waals surface area (Å²) < 4.78 is 32.2. The third-order valence-electron chi connectivity index (χ3n) is 3.77. The molecule has 0 aromatic heterocycles. The number of nitrogens with one attached hydrogen (secondary N) is 2. The molecule has 0 aliphatic carbocycles. The van der Waals surface area contributed by atoms with Crippen molar-refractivity contribution in [2.45, 2.75) is 25.2 Å². The second-order valence-electron chi connectivity index (χ2n) is 5.51. The highest BCUT2D eigenvalue weighted by Gasteiger charge is 2.18. The van der Waals surface area contributed by atoms with E-state index in [4.69, 9.17) is 4.74 Å². The van der Waals surface area contributed by atoms with Crippen molar-refractivity contribution in [1.29, 1.82) is 0 Å². The zero-order valence-corrected chi connectivity index (χ0v) is 15.3. The van der Waals surface area contributed by atoms with Gasteiger partial charge in [-0.15, -0.1) is 0 Å². The van der Waals surface area contributed by atoms with Crippen molar-refractivity contribution >= 4 is 21.6 Å². The van der Waals surface area contributed by atoms with E-state index < -0.39 is 15.9 Å². The lowest BCUT2D eigenvalue weighted by Gasteiger charge is -2.12. The van der Waals surface area contributed by atoms with Gasteiger partial charge in [0.05, 0.1) is 18.6 Å². The largest absolute Gasteiger partial charge is 0.497 e. The van der Waals surface area contributed by atoms with Crippen molar-refractivity contribution < 1.29 is 17.9 Å². The molecule has 134 valence electrons. The molecule has 0 atom stereocenters. The van der Waals surface area contributed by atoms with Gasteiger partial charge in [0.25, 0.3) is 0 Å². The maximum Gasteiger partial charge on any atom is 0.241 e. The third-order valence-corrected chi connectivity index (χ3v) is 5.33. The predicted molar refractivity (Wildman–Crippen MR) is 97.4 cm³/mol. The lowest BCUT2D eigenvalue weighted by molar-refractivity contribution is -0.115. The van der Waals surface area contributed by atoms with Crippen LogP contribution in [0.5, 0.6) is 5.75 Å². The number of carbonyl (C=O) groups excluding carboxylic acids is 1. The molecule has 2 aromatic rings. The molecule has 0 spiro atoms. The predicted octanol–water partition coefficient (Wildman–Crippen LogP) is 2.48. The summed E-state index contributed by atoms with van der Waals surface area (Å²) in [5.74, 6) is 0.154. The molecule has 6 nitrogen and oxygen atoms in total. The van der Waals surface area contributed by atoms with Crippen molar-refractivity contribution in [1.82, 2.24) is 4.72 Å². The van der Waals surface area contributed by atoms with Crippen LogP contribution in [0.2, 0.25) is 0 Å². The summed E-state index contributed by atoms with van der Waals surface area (Å²) in [5.41, 5.74) is 2.23. The number of aryl methyl sites for hydroxylation is 2. The van der Waals surface area contributed by atoms with Gasteiger partial charge in [0.1, 0.15) is 5.75 Å². The van der Waals surface area contributed by atoms with E-state index in [1.54, 1.807) is 25.1 Å². The van der Waals surface area contributed by atoms with Crippen LogP contribution in [0.3, 0.4) is 0 Å². The molecule has 0 aliphatic rings. The summed E-state index contributed by atoms with van der Waals surface area (Å²) >= 11 is 0. The first-order valence-electron chi connectivity index (χ1n) is 7.89. The Morgan fingerprint density at radius 1 is 1.16 bits per heavy atom. The molecule has 0 radical (unpaired) electrons. The first-order valence-corrected chi connectivity index (χ1v) is 9.37. The minimum atomic E-state index is -3.79. The molecule has 1 amide bonds. The number of anilines is 1. The number of methoxy groups -OCH3 is 1. The number of rotatable bonds is 7. The second kappa shape index (κ2) is 8.13. The van der Waals surface area contributed by atoms with Crippen LogP contribution < -0.4 is 14.8 Å². The Kier molecular flexibility index (Phi) is 6.17. The molecule has 2 N–H and O–H groups in total. The average molecular weight is 362 g/mol. The number of hydrogen-bond acceptors (Lipinski definition) is 4. The minimum Gasteiger partial charge on any atom is -0.497 e. The maximum absolute atomic E-state index is 12.4. The zero-order valence-electron chi connectivity index (χ0n) is 14.5. The van der Waals surface area contributed by atoms with Crippen LogP contribution in [0.15, 0.2) is 47.4 Å². The smallest absolute Gasteiger partial charge is 0.241 e. The maximum atomic E-state index is 12.4. The van der Waals surface area contributed by atoms with Crippen LogP contribution in [-0.2, 0) is 21.2 Å². The van der Waals surface area contributed by atoms with E-state index in [2.05, 4.69) is 10.0 Å². The topological polar surface area (TPSA) is 84.5 Å². The first-order chi connectivity index (χ1) is 11.9. The molecule has 25 heavy (non-hydrogen) atoms. The Morgan fingerprint density at radius 2 is 1.88 bits per heavy atom. The molecule has 0 saturated heterocycles. The van der Waals surface area contributed by atoms with E-state index >= 15 is 0 Å². The highest BCUT2D eigenvalue weighted by atomic mass is 32.2. The summed E-state index contributed by atoms with van der Waals surface area (Å²) in [6.45, 7) is 3.32. The van der Waals surface area contributed by atoms with Crippen LogP contribution in [0.4, 0.5) is 5.69 Å². The summed E-state index contributed by atoms with van der Waals surface area (Å²) in [6.07, 6.45) is 0.771. The van der Waals surface area contributed by atoms with Gasteiger partial charge >= 0.3 is 0 Å². The van der Waals surface area contributed by atoms with E-state index in [-0.39, 0.29) is 11.4 Å². The molecular weight excluding hydrogens is 340 g/mol. The molecule has 0 unspecified atom stereocenters. The van der Waals surface area contributed by atoms with Crippen LogP contribution in [-0.4, -0.2) is 28.0 Å². The zero-order chi connectivity index (χ0) is 18.4. The van der Waals surface area contributed by atoms with Gasteiger partial charge < -0.3 is 10.1 Å². The molecule has 2 aromatic carbocycles. The molecule has 0 fully saturated rings. The quantitative estimate of drug-likeness (QED) is 0.792. The fraction of sp³-hybridized carbons (Fsp3) is 0.278. The first kappa shape index (κ1) is 19.0. The minimum absolute atomic E-state index is 0.120. The standard InChI is InChI=1S/C18H22N2O4S/c1-4-14-7-5-6-8-16(14)20-18(21)12-19-25(22,23)17-10-9-15(24-3)11-13(17)2/h5-11,19H,4,12H2,1-3H3,(H,20,21). The molecule has 0 aliphatic heterocycles. The van der Waals surface area contributed by atoms with E-state index in [1.807, 2.05) is 25.1 Å². The number of para-hydroxylation sites is 1. The van der Waals surface area contributed by atoms with Gasteiger partial charge in [-0.1, -0.05) is 25.1 Å². The fourth-order valence-corrected chi connectivity index (χ4v) is 3.64. The third kappa shape index (κ3) is 4.80. The highest BCUT2D eigenvalue weighted by Crippen LogP contribution is 2.20.